The molecule has 1 rings (SSSR count). The molecule has 0 aliphatic heterocycles. The minimum Gasteiger partial charge on any atom is -0.481 e. The fourth-order valence-corrected chi connectivity index (χ4v) is 3.43. The van der Waals surface area contributed by atoms with Gasteiger partial charge in [0.1, 0.15) is 0 Å². The summed E-state index contributed by atoms with van der Waals surface area (Å²) in [5.74, 6) is 0.939. The number of rotatable bonds is 8. The van der Waals surface area contributed by atoms with E-state index in [2.05, 4.69) is 20.8 Å². The fourth-order valence-electron chi connectivity index (χ4n) is 3.43. The van der Waals surface area contributed by atoms with Gasteiger partial charge in [0, 0.05) is 0 Å². The minimum absolute atomic E-state index is 0.391. The van der Waals surface area contributed by atoms with Crippen molar-refractivity contribution in [3.8, 4) is 0 Å². The van der Waals surface area contributed by atoms with Gasteiger partial charge in [-0.05, 0) is 43.9 Å². The maximum absolute atomic E-state index is 11.7. The zero-order valence-electron chi connectivity index (χ0n) is 13.1. The summed E-state index contributed by atoms with van der Waals surface area (Å²) in [4.78, 5) is 11.7. The van der Waals surface area contributed by atoms with E-state index in [0.29, 0.717) is 5.92 Å². The molecule has 1 N–H and O–H groups in total. The molecule has 19 heavy (non-hydrogen) atoms. The monoisotopic (exact) mass is 268 g/mol. The third-order valence-corrected chi connectivity index (χ3v) is 4.92. The number of carbonyl (C=O) groups is 1. The van der Waals surface area contributed by atoms with Crippen LogP contribution < -0.4 is 0 Å². The second kappa shape index (κ2) is 7.91. The summed E-state index contributed by atoms with van der Waals surface area (Å²) in [6.07, 6.45) is 11.1. The Morgan fingerprint density at radius 3 is 2.37 bits per heavy atom. The Labute approximate surface area is 119 Å². The van der Waals surface area contributed by atoms with Crippen LogP contribution in [0.25, 0.3) is 0 Å². The molecular formula is C17H32O2. The summed E-state index contributed by atoms with van der Waals surface area (Å²) in [5.41, 5.74) is -0.391. The molecule has 0 atom stereocenters. The van der Waals surface area contributed by atoms with Crippen LogP contribution in [0.4, 0.5) is 0 Å². The molecule has 2 heteroatoms. The predicted octanol–water partition coefficient (Wildman–Crippen LogP) is 5.26. The van der Waals surface area contributed by atoms with Crippen LogP contribution in [0.2, 0.25) is 0 Å². The Morgan fingerprint density at radius 2 is 1.89 bits per heavy atom. The smallest absolute Gasteiger partial charge is 0.309 e. The Bertz CT molecular complexity index is 262. The molecule has 1 saturated carbocycles. The van der Waals surface area contributed by atoms with Crippen LogP contribution in [0.5, 0.6) is 0 Å². The lowest BCUT2D eigenvalue weighted by atomic mass is 9.67. The van der Waals surface area contributed by atoms with Gasteiger partial charge in [-0.25, -0.2) is 0 Å². The Kier molecular flexibility index (Phi) is 6.88. The summed E-state index contributed by atoms with van der Waals surface area (Å²) in [7, 11) is 0. The lowest BCUT2D eigenvalue weighted by molar-refractivity contribution is -0.152. The van der Waals surface area contributed by atoms with Crippen molar-refractivity contribution >= 4 is 5.97 Å². The number of carboxylic acid groups (broad SMARTS) is 1. The van der Waals surface area contributed by atoms with E-state index in [9.17, 15) is 9.90 Å². The highest BCUT2D eigenvalue weighted by Gasteiger charge is 2.41. The van der Waals surface area contributed by atoms with E-state index in [1.54, 1.807) is 0 Å². The van der Waals surface area contributed by atoms with Crippen LogP contribution in [0, 0.1) is 17.3 Å². The van der Waals surface area contributed by atoms with E-state index < -0.39 is 11.4 Å². The molecule has 0 amide bonds. The highest BCUT2D eigenvalue weighted by molar-refractivity contribution is 5.74. The highest BCUT2D eigenvalue weighted by atomic mass is 16.4. The molecule has 112 valence electrons. The van der Waals surface area contributed by atoms with Crippen LogP contribution in [-0.4, -0.2) is 11.1 Å². The van der Waals surface area contributed by atoms with E-state index in [0.717, 1.165) is 50.9 Å². The quantitative estimate of drug-likeness (QED) is 0.651. The Morgan fingerprint density at radius 1 is 1.26 bits per heavy atom. The van der Waals surface area contributed by atoms with Crippen molar-refractivity contribution in [2.45, 2.75) is 85.0 Å². The number of unbranched alkanes of at least 4 members (excludes halogenated alkanes) is 1. The van der Waals surface area contributed by atoms with Crippen molar-refractivity contribution in [1.82, 2.24) is 0 Å². The Hall–Kier alpha value is -0.530. The number of aliphatic carboxylic acids is 1. The van der Waals surface area contributed by atoms with E-state index in [-0.39, 0.29) is 0 Å². The van der Waals surface area contributed by atoms with Gasteiger partial charge in [-0.1, -0.05) is 52.9 Å². The summed E-state index contributed by atoms with van der Waals surface area (Å²) >= 11 is 0. The van der Waals surface area contributed by atoms with Crippen molar-refractivity contribution in [3.05, 3.63) is 0 Å². The third-order valence-electron chi connectivity index (χ3n) is 4.92. The van der Waals surface area contributed by atoms with Gasteiger partial charge >= 0.3 is 5.97 Å². The van der Waals surface area contributed by atoms with Crippen LogP contribution >= 0.6 is 0 Å². The van der Waals surface area contributed by atoms with Gasteiger partial charge in [0.05, 0.1) is 5.41 Å². The highest BCUT2D eigenvalue weighted by Crippen LogP contribution is 2.44. The van der Waals surface area contributed by atoms with Gasteiger partial charge in [-0.3, -0.25) is 4.79 Å². The summed E-state index contributed by atoms with van der Waals surface area (Å²) in [6, 6.07) is 0. The standard InChI is InChI=1S/C17H32O2/c1-4-5-8-15-9-12-17(13-10-15,16(18)19)11-6-7-14(2)3/h14-15H,4-13H2,1-3H3,(H,18,19). The first-order chi connectivity index (χ1) is 9.00. The second-order valence-corrected chi connectivity index (χ2v) is 6.96. The van der Waals surface area contributed by atoms with E-state index in [1.165, 1.54) is 19.3 Å². The molecule has 0 heterocycles. The van der Waals surface area contributed by atoms with Crippen molar-refractivity contribution in [2.75, 3.05) is 0 Å². The van der Waals surface area contributed by atoms with Crippen molar-refractivity contribution < 1.29 is 9.90 Å². The molecule has 2 nitrogen and oxygen atoms in total. The SMILES string of the molecule is CCCCC1CCC(CCCC(C)C)(C(=O)O)CC1. The minimum atomic E-state index is -0.537. The largest absolute Gasteiger partial charge is 0.481 e. The van der Waals surface area contributed by atoms with Crippen molar-refractivity contribution in [1.29, 1.82) is 0 Å². The number of carboxylic acids is 1. The van der Waals surface area contributed by atoms with Gasteiger partial charge in [-0.2, -0.15) is 0 Å². The van der Waals surface area contributed by atoms with Crippen LogP contribution in [0.15, 0.2) is 0 Å². The van der Waals surface area contributed by atoms with E-state index in [1.807, 2.05) is 0 Å². The van der Waals surface area contributed by atoms with Gasteiger partial charge in [0.2, 0.25) is 0 Å². The molecule has 1 fully saturated rings. The predicted molar refractivity (Wildman–Crippen MR) is 80.2 cm³/mol. The molecule has 1 aliphatic carbocycles. The molecule has 0 aromatic rings. The Balaban J connectivity index is 2.44. The molecular weight excluding hydrogens is 236 g/mol. The fraction of sp³-hybridized carbons (Fsp3) is 0.941. The van der Waals surface area contributed by atoms with E-state index >= 15 is 0 Å². The second-order valence-electron chi connectivity index (χ2n) is 6.96. The average Bonchev–Trinajstić information content (AvgIpc) is 2.37. The van der Waals surface area contributed by atoms with E-state index in [4.69, 9.17) is 0 Å². The number of hydrogen-bond acceptors (Lipinski definition) is 1. The maximum Gasteiger partial charge on any atom is 0.309 e. The summed E-state index contributed by atoms with van der Waals surface area (Å²) < 4.78 is 0. The molecule has 1 aliphatic rings. The van der Waals surface area contributed by atoms with Crippen molar-refractivity contribution in [3.63, 3.8) is 0 Å². The molecule has 0 aromatic carbocycles. The van der Waals surface area contributed by atoms with Crippen LogP contribution in [0.3, 0.4) is 0 Å². The lowest BCUT2D eigenvalue weighted by Gasteiger charge is -2.37. The normalized spacial score (nSPS) is 27.7. The molecule has 0 unspecified atom stereocenters. The zero-order valence-corrected chi connectivity index (χ0v) is 13.1. The van der Waals surface area contributed by atoms with Gasteiger partial charge < -0.3 is 5.11 Å². The zero-order chi connectivity index (χ0) is 14.3. The first kappa shape index (κ1) is 16.5. The molecule has 0 radical (unpaired) electrons. The number of hydrogen-bond donors (Lipinski definition) is 1. The third kappa shape index (κ3) is 5.16. The lowest BCUT2D eigenvalue weighted by Crippen LogP contribution is -2.35. The molecule has 0 spiro atoms. The first-order valence-electron chi connectivity index (χ1n) is 8.23. The molecule has 0 bridgehead atoms. The van der Waals surface area contributed by atoms with Gasteiger partial charge in [0.15, 0.2) is 0 Å². The van der Waals surface area contributed by atoms with Gasteiger partial charge in [0.25, 0.3) is 0 Å². The summed E-state index contributed by atoms with van der Waals surface area (Å²) in [5, 5.41) is 9.62. The molecule has 0 saturated heterocycles. The maximum atomic E-state index is 11.7. The summed E-state index contributed by atoms with van der Waals surface area (Å²) in [6.45, 7) is 6.67. The van der Waals surface area contributed by atoms with Crippen LogP contribution in [-0.2, 0) is 4.79 Å². The van der Waals surface area contributed by atoms with Gasteiger partial charge in [-0.15, -0.1) is 0 Å². The van der Waals surface area contributed by atoms with Crippen molar-refractivity contribution in [2.24, 2.45) is 17.3 Å². The first-order valence-corrected chi connectivity index (χ1v) is 8.23. The van der Waals surface area contributed by atoms with Crippen LogP contribution in [0.1, 0.15) is 85.0 Å². The average molecular weight is 268 g/mol. The topological polar surface area (TPSA) is 37.3 Å². The molecule has 0 aromatic heterocycles.